The van der Waals surface area contributed by atoms with Gasteiger partial charge in [-0.2, -0.15) is 4.31 Å². The van der Waals surface area contributed by atoms with Gasteiger partial charge in [0.05, 0.1) is 6.17 Å². The first kappa shape index (κ1) is 19.3. The molecule has 7 nitrogen and oxygen atoms in total. The smallest absolute Gasteiger partial charge is 0.246 e. The molecule has 4 rings (SSSR count). The molecule has 2 aromatic rings. The summed E-state index contributed by atoms with van der Waals surface area (Å²) in [5.41, 5.74) is 7.65. The van der Waals surface area contributed by atoms with E-state index in [2.05, 4.69) is 20.7 Å². The molecule has 2 atom stereocenters. The van der Waals surface area contributed by atoms with Crippen LogP contribution in [0.1, 0.15) is 18.0 Å². The maximum Gasteiger partial charge on any atom is 0.246 e. The second-order valence-electron chi connectivity index (χ2n) is 6.89. The summed E-state index contributed by atoms with van der Waals surface area (Å²) in [6.45, 7) is 1.43. The van der Waals surface area contributed by atoms with E-state index in [4.69, 9.17) is 0 Å². The van der Waals surface area contributed by atoms with E-state index >= 15 is 0 Å². The van der Waals surface area contributed by atoms with Gasteiger partial charge in [0, 0.05) is 44.6 Å². The Hall–Kier alpha value is -1.98. The van der Waals surface area contributed by atoms with Gasteiger partial charge >= 0.3 is 0 Å². The van der Waals surface area contributed by atoms with Crippen LogP contribution in [0.15, 0.2) is 47.6 Å². The second kappa shape index (κ2) is 7.80. The molecule has 28 heavy (non-hydrogen) atoms. The highest BCUT2D eigenvalue weighted by atomic mass is 32.2. The first-order valence-electron chi connectivity index (χ1n) is 9.05. The number of halogens is 2. The average Bonchev–Trinajstić information content (AvgIpc) is 3.21. The quantitative estimate of drug-likeness (QED) is 0.791. The number of nitrogens with one attached hydrogen (secondary N) is 2. The molecule has 0 radical (unpaired) electrons. The van der Waals surface area contributed by atoms with Crippen molar-refractivity contribution >= 4 is 10.0 Å². The van der Waals surface area contributed by atoms with E-state index < -0.39 is 26.6 Å². The van der Waals surface area contributed by atoms with Gasteiger partial charge in [0.15, 0.2) is 0 Å². The zero-order valence-electron chi connectivity index (χ0n) is 15.1. The van der Waals surface area contributed by atoms with Crippen LogP contribution in [0.5, 0.6) is 0 Å². The number of benzene rings is 1. The number of nitrogens with zero attached hydrogens (tertiary/aromatic N) is 3. The van der Waals surface area contributed by atoms with Crippen LogP contribution in [-0.4, -0.2) is 55.0 Å². The molecule has 150 valence electrons. The molecule has 0 amide bonds. The Kier molecular flexibility index (Phi) is 5.39. The molecule has 0 aliphatic carbocycles. The van der Waals surface area contributed by atoms with Crippen LogP contribution in [0.2, 0.25) is 0 Å². The van der Waals surface area contributed by atoms with Crippen LogP contribution in [-0.2, 0) is 10.0 Å². The van der Waals surface area contributed by atoms with Crippen molar-refractivity contribution in [1.29, 1.82) is 0 Å². The van der Waals surface area contributed by atoms with Crippen LogP contribution in [0.3, 0.4) is 0 Å². The fraction of sp³-hybridized carbons (Fsp3) is 0.389. The van der Waals surface area contributed by atoms with Gasteiger partial charge in [-0.1, -0.05) is 0 Å². The lowest BCUT2D eigenvalue weighted by Crippen LogP contribution is -2.55. The van der Waals surface area contributed by atoms with Gasteiger partial charge in [0.1, 0.15) is 16.5 Å². The Balaban J connectivity index is 1.39. The molecule has 3 heterocycles. The van der Waals surface area contributed by atoms with Gasteiger partial charge in [-0.25, -0.2) is 28.1 Å². The monoisotopic (exact) mass is 409 g/mol. The Labute approximate surface area is 162 Å². The van der Waals surface area contributed by atoms with Crippen molar-refractivity contribution in [3.8, 4) is 0 Å². The summed E-state index contributed by atoms with van der Waals surface area (Å²) in [6, 6.07) is 6.55. The molecular formula is C18H21F2N5O2S. The number of piperazine rings is 1. The minimum Gasteiger partial charge on any atom is -0.284 e. The molecule has 1 aromatic heterocycles. The SMILES string of the molecule is O=S(=O)(c1cc(F)ccc1F)N1CCN(C2CC(c3ccncc3)NN2)CC1. The summed E-state index contributed by atoms with van der Waals surface area (Å²) in [6.07, 6.45) is 4.39. The van der Waals surface area contributed by atoms with Gasteiger partial charge in [-0.3, -0.25) is 9.88 Å². The van der Waals surface area contributed by atoms with Gasteiger partial charge in [-0.15, -0.1) is 0 Å². The normalized spacial score (nSPS) is 24.5. The fourth-order valence-corrected chi connectivity index (χ4v) is 5.16. The van der Waals surface area contributed by atoms with E-state index in [1.165, 1.54) is 4.31 Å². The lowest BCUT2D eigenvalue weighted by molar-refractivity contribution is 0.123. The Morgan fingerprint density at radius 3 is 2.43 bits per heavy atom. The first-order valence-corrected chi connectivity index (χ1v) is 10.5. The third-order valence-electron chi connectivity index (χ3n) is 5.22. The molecular weight excluding hydrogens is 388 g/mol. The van der Waals surface area contributed by atoms with E-state index in [0.717, 1.165) is 30.2 Å². The van der Waals surface area contributed by atoms with Crippen molar-refractivity contribution in [2.24, 2.45) is 0 Å². The van der Waals surface area contributed by atoms with Crippen molar-refractivity contribution in [3.63, 3.8) is 0 Å². The molecule has 2 N–H and O–H groups in total. The molecule has 2 aliphatic heterocycles. The van der Waals surface area contributed by atoms with Crippen molar-refractivity contribution in [1.82, 2.24) is 25.0 Å². The van der Waals surface area contributed by atoms with Gasteiger partial charge in [0.25, 0.3) is 0 Å². The number of hydrogen-bond acceptors (Lipinski definition) is 6. The maximum absolute atomic E-state index is 13.9. The van der Waals surface area contributed by atoms with E-state index in [0.29, 0.717) is 13.1 Å². The minimum atomic E-state index is -4.07. The molecule has 0 bridgehead atoms. The molecule has 2 aliphatic rings. The van der Waals surface area contributed by atoms with E-state index in [1.54, 1.807) is 12.4 Å². The molecule has 10 heteroatoms. The molecule has 2 fully saturated rings. The number of aromatic nitrogens is 1. The van der Waals surface area contributed by atoms with Crippen molar-refractivity contribution in [3.05, 3.63) is 59.9 Å². The third-order valence-corrected chi connectivity index (χ3v) is 7.13. The predicted molar refractivity (Wildman–Crippen MR) is 98.3 cm³/mol. The summed E-state index contributed by atoms with van der Waals surface area (Å²) in [4.78, 5) is 5.57. The van der Waals surface area contributed by atoms with Crippen LogP contribution >= 0.6 is 0 Å². The number of rotatable bonds is 4. The summed E-state index contributed by atoms with van der Waals surface area (Å²) >= 11 is 0. The van der Waals surface area contributed by atoms with Gasteiger partial charge in [-0.05, 0) is 42.3 Å². The molecule has 0 saturated carbocycles. The standard InChI is InChI=1S/C18H21F2N5O2S/c19-14-1-2-15(20)17(11-14)28(26,27)25-9-7-24(8-10-25)18-12-16(22-23-18)13-3-5-21-6-4-13/h1-6,11,16,18,22-23H,7-10,12H2. The maximum atomic E-state index is 13.9. The molecule has 2 saturated heterocycles. The molecule has 0 spiro atoms. The molecule has 2 unspecified atom stereocenters. The Morgan fingerprint density at radius 2 is 1.71 bits per heavy atom. The van der Waals surface area contributed by atoms with Crippen molar-refractivity contribution in [2.45, 2.75) is 23.5 Å². The van der Waals surface area contributed by atoms with Gasteiger partial charge < -0.3 is 0 Å². The van der Waals surface area contributed by atoms with E-state index in [-0.39, 0.29) is 25.3 Å². The van der Waals surface area contributed by atoms with Crippen molar-refractivity contribution < 1.29 is 17.2 Å². The average molecular weight is 409 g/mol. The highest BCUT2D eigenvalue weighted by molar-refractivity contribution is 7.89. The summed E-state index contributed by atoms with van der Waals surface area (Å²) in [5.74, 6) is -1.72. The van der Waals surface area contributed by atoms with Crippen LogP contribution < -0.4 is 10.9 Å². The number of sulfonamides is 1. The first-order chi connectivity index (χ1) is 13.4. The van der Waals surface area contributed by atoms with Crippen LogP contribution in [0.4, 0.5) is 8.78 Å². The topological polar surface area (TPSA) is 77.6 Å². The molecule has 1 aromatic carbocycles. The number of hydrogen-bond donors (Lipinski definition) is 2. The minimum absolute atomic E-state index is 0.0638. The lowest BCUT2D eigenvalue weighted by atomic mass is 10.1. The summed E-state index contributed by atoms with van der Waals surface area (Å²) in [5, 5.41) is 0. The highest BCUT2D eigenvalue weighted by Crippen LogP contribution is 2.26. The van der Waals surface area contributed by atoms with E-state index in [1.807, 2.05) is 12.1 Å². The van der Waals surface area contributed by atoms with Crippen LogP contribution in [0.25, 0.3) is 0 Å². The second-order valence-corrected chi connectivity index (χ2v) is 8.79. The van der Waals surface area contributed by atoms with Gasteiger partial charge in [0.2, 0.25) is 10.0 Å². The van der Waals surface area contributed by atoms with Crippen molar-refractivity contribution in [2.75, 3.05) is 26.2 Å². The zero-order valence-corrected chi connectivity index (χ0v) is 15.9. The zero-order chi connectivity index (χ0) is 19.7. The Morgan fingerprint density at radius 1 is 1.00 bits per heavy atom. The number of hydrazine groups is 1. The third kappa shape index (κ3) is 3.78. The summed E-state index contributed by atoms with van der Waals surface area (Å²) < 4.78 is 53.9. The lowest BCUT2D eigenvalue weighted by Gasteiger charge is -2.37. The largest absolute Gasteiger partial charge is 0.284 e. The number of pyridine rings is 1. The fourth-order valence-electron chi connectivity index (χ4n) is 3.66. The Bertz CT molecular complexity index is 936. The highest BCUT2D eigenvalue weighted by Gasteiger charge is 2.35. The van der Waals surface area contributed by atoms with E-state index in [9.17, 15) is 17.2 Å². The predicted octanol–water partition coefficient (Wildman–Crippen LogP) is 1.23. The summed E-state index contributed by atoms with van der Waals surface area (Å²) in [7, 11) is -4.07. The van der Waals surface area contributed by atoms with Crippen LogP contribution in [0, 0.1) is 11.6 Å².